The summed E-state index contributed by atoms with van der Waals surface area (Å²) in [6, 6.07) is 11.3. The van der Waals surface area contributed by atoms with Gasteiger partial charge in [-0.1, -0.05) is 33.8 Å². The van der Waals surface area contributed by atoms with E-state index < -0.39 is 11.7 Å². The summed E-state index contributed by atoms with van der Waals surface area (Å²) >= 11 is 4.58. The molecule has 0 heterocycles. The molecule has 0 amide bonds. The molecule has 0 spiro atoms. The molecule has 0 saturated heterocycles. The van der Waals surface area contributed by atoms with E-state index in [0.717, 1.165) is 15.4 Å². The Labute approximate surface area is 121 Å². The first-order valence-corrected chi connectivity index (χ1v) is 6.87. The van der Waals surface area contributed by atoms with Gasteiger partial charge in [0.2, 0.25) is 0 Å². The summed E-state index contributed by atoms with van der Waals surface area (Å²) in [4.78, 5) is 1.35. The molecule has 0 aromatic heterocycles. The van der Waals surface area contributed by atoms with E-state index in [1.54, 1.807) is 6.07 Å². The highest BCUT2D eigenvalue weighted by Gasteiger charge is 2.33. The van der Waals surface area contributed by atoms with Crippen molar-refractivity contribution >= 4 is 33.4 Å². The average Bonchev–Trinajstić information content (AvgIpc) is 2.30. The summed E-state index contributed by atoms with van der Waals surface area (Å²) in [5.41, 5.74) is 4.30. The van der Waals surface area contributed by atoms with Crippen molar-refractivity contribution in [2.75, 3.05) is 5.73 Å². The standard InChI is InChI=1S/C13H9BrF3NS/c14-8-2-1-3-9(6-8)19-10-4-5-12(18)11(7-10)13(15,16)17/h1-7H,18H2. The molecule has 1 nitrogen and oxygen atoms in total. The summed E-state index contributed by atoms with van der Waals surface area (Å²) in [6.45, 7) is 0. The van der Waals surface area contributed by atoms with Crippen LogP contribution >= 0.6 is 27.7 Å². The maximum Gasteiger partial charge on any atom is 0.418 e. The monoisotopic (exact) mass is 347 g/mol. The Bertz CT molecular complexity index is 599. The third-order valence-corrected chi connectivity index (χ3v) is 3.83. The van der Waals surface area contributed by atoms with Crippen molar-refractivity contribution in [3.05, 3.63) is 52.5 Å². The third kappa shape index (κ3) is 3.67. The van der Waals surface area contributed by atoms with Crippen molar-refractivity contribution in [3.63, 3.8) is 0 Å². The minimum Gasteiger partial charge on any atom is -0.398 e. The molecule has 0 aliphatic carbocycles. The van der Waals surface area contributed by atoms with Crippen molar-refractivity contribution in [2.24, 2.45) is 0 Å². The topological polar surface area (TPSA) is 26.0 Å². The summed E-state index contributed by atoms with van der Waals surface area (Å²) in [5.74, 6) is 0. The van der Waals surface area contributed by atoms with E-state index in [0.29, 0.717) is 4.90 Å². The first-order chi connectivity index (χ1) is 8.86. The van der Waals surface area contributed by atoms with Crippen LogP contribution in [0.15, 0.2) is 56.7 Å². The summed E-state index contributed by atoms with van der Waals surface area (Å²) in [7, 11) is 0. The molecule has 100 valence electrons. The van der Waals surface area contributed by atoms with Gasteiger partial charge in [0.25, 0.3) is 0 Å². The second kappa shape index (κ2) is 5.46. The molecule has 2 aromatic rings. The van der Waals surface area contributed by atoms with Crippen LogP contribution in [0.25, 0.3) is 0 Å². The van der Waals surface area contributed by atoms with E-state index in [-0.39, 0.29) is 5.69 Å². The summed E-state index contributed by atoms with van der Waals surface area (Å²) < 4.78 is 39.1. The Balaban J connectivity index is 2.32. The van der Waals surface area contributed by atoms with Gasteiger partial charge in [-0.25, -0.2) is 0 Å². The molecule has 0 fully saturated rings. The number of hydrogen-bond donors (Lipinski definition) is 1. The van der Waals surface area contributed by atoms with E-state index >= 15 is 0 Å². The molecule has 0 aliphatic rings. The quantitative estimate of drug-likeness (QED) is 0.755. The van der Waals surface area contributed by atoms with Crippen molar-refractivity contribution < 1.29 is 13.2 Å². The van der Waals surface area contributed by atoms with Crippen molar-refractivity contribution in [1.29, 1.82) is 0 Å². The lowest BCUT2D eigenvalue weighted by atomic mass is 10.2. The Morgan fingerprint density at radius 1 is 1.00 bits per heavy atom. The molecule has 0 radical (unpaired) electrons. The van der Waals surface area contributed by atoms with E-state index in [4.69, 9.17) is 5.73 Å². The molecule has 2 N–H and O–H groups in total. The average molecular weight is 348 g/mol. The van der Waals surface area contributed by atoms with Crippen LogP contribution in [0.5, 0.6) is 0 Å². The zero-order valence-corrected chi connectivity index (χ0v) is 11.9. The van der Waals surface area contributed by atoms with Crippen LogP contribution in [0.2, 0.25) is 0 Å². The smallest absolute Gasteiger partial charge is 0.398 e. The van der Waals surface area contributed by atoms with Gasteiger partial charge < -0.3 is 5.73 Å². The number of benzene rings is 2. The fourth-order valence-corrected chi connectivity index (χ4v) is 2.98. The van der Waals surface area contributed by atoms with Crippen LogP contribution in [-0.2, 0) is 6.18 Å². The van der Waals surface area contributed by atoms with Crippen LogP contribution in [-0.4, -0.2) is 0 Å². The molecule has 0 aliphatic heterocycles. The summed E-state index contributed by atoms with van der Waals surface area (Å²) in [6.07, 6.45) is -4.43. The Hall–Kier alpha value is -1.14. The van der Waals surface area contributed by atoms with Gasteiger partial charge in [0.05, 0.1) is 5.56 Å². The lowest BCUT2D eigenvalue weighted by Crippen LogP contribution is -2.08. The Kier molecular flexibility index (Phi) is 4.10. The maximum atomic E-state index is 12.7. The van der Waals surface area contributed by atoms with Crippen LogP contribution in [0, 0.1) is 0 Å². The van der Waals surface area contributed by atoms with Gasteiger partial charge in [-0.15, -0.1) is 0 Å². The minimum atomic E-state index is -4.43. The van der Waals surface area contributed by atoms with E-state index in [2.05, 4.69) is 15.9 Å². The first-order valence-electron chi connectivity index (χ1n) is 5.26. The van der Waals surface area contributed by atoms with Gasteiger partial charge in [-0.2, -0.15) is 13.2 Å². The molecule has 0 saturated carbocycles. The molecular formula is C13H9BrF3NS. The zero-order valence-electron chi connectivity index (χ0n) is 9.54. The Morgan fingerprint density at radius 3 is 2.32 bits per heavy atom. The van der Waals surface area contributed by atoms with E-state index in [9.17, 15) is 13.2 Å². The maximum absolute atomic E-state index is 12.7. The number of halogens is 4. The number of nitrogen functional groups attached to an aromatic ring is 1. The summed E-state index contributed by atoms with van der Waals surface area (Å²) in [5, 5.41) is 0. The number of anilines is 1. The second-order valence-electron chi connectivity index (χ2n) is 3.81. The van der Waals surface area contributed by atoms with Gasteiger partial charge in [0.15, 0.2) is 0 Å². The molecule has 2 aromatic carbocycles. The van der Waals surface area contributed by atoms with Crippen LogP contribution in [0.3, 0.4) is 0 Å². The highest BCUT2D eigenvalue weighted by atomic mass is 79.9. The SMILES string of the molecule is Nc1ccc(Sc2cccc(Br)c2)cc1C(F)(F)F. The lowest BCUT2D eigenvalue weighted by Gasteiger charge is -2.11. The zero-order chi connectivity index (χ0) is 14.0. The molecule has 0 bridgehead atoms. The van der Waals surface area contributed by atoms with Crippen molar-refractivity contribution in [1.82, 2.24) is 0 Å². The number of hydrogen-bond acceptors (Lipinski definition) is 2. The first kappa shape index (κ1) is 14.3. The number of alkyl halides is 3. The highest BCUT2D eigenvalue weighted by Crippen LogP contribution is 2.38. The van der Waals surface area contributed by atoms with Gasteiger partial charge in [0, 0.05) is 20.0 Å². The number of nitrogens with two attached hydrogens (primary N) is 1. The van der Waals surface area contributed by atoms with Crippen LogP contribution in [0.1, 0.15) is 5.56 Å². The van der Waals surface area contributed by atoms with Gasteiger partial charge >= 0.3 is 6.18 Å². The predicted octanol–water partition coefficient (Wildman–Crippen LogP) is 5.20. The van der Waals surface area contributed by atoms with Crippen molar-refractivity contribution in [2.45, 2.75) is 16.0 Å². The van der Waals surface area contributed by atoms with E-state index in [1.807, 2.05) is 24.3 Å². The Morgan fingerprint density at radius 2 is 1.68 bits per heavy atom. The fourth-order valence-electron chi connectivity index (χ4n) is 1.51. The minimum absolute atomic E-state index is 0.258. The van der Waals surface area contributed by atoms with Gasteiger partial charge in [-0.05, 0) is 36.4 Å². The molecular weight excluding hydrogens is 339 g/mol. The molecule has 0 atom stereocenters. The largest absolute Gasteiger partial charge is 0.418 e. The van der Waals surface area contributed by atoms with Crippen LogP contribution < -0.4 is 5.73 Å². The van der Waals surface area contributed by atoms with Gasteiger partial charge in [-0.3, -0.25) is 0 Å². The highest BCUT2D eigenvalue weighted by molar-refractivity contribution is 9.10. The molecule has 0 unspecified atom stereocenters. The van der Waals surface area contributed by atoms with Crippen molar-refractivity contribution in [3.8, 4) is 0 Å². The third-order valence-electron chi connectivity index (χ3n) is 2.36. The normalized spacial score (nSPS) is 11.6. The molecule has 6 heteroatoms. The predicted molar refractivity (Wildman–Crippen MR) is 74.1 cm³/mol. The van der Waals surface area contributed by atoms with Crippen LogP contribution in [0.4, 0.5) is 18.9 Å². The lowest BCUT2D eigenvalue weighted by molar-refractivity contribution is -0.137. The van der Waals surface area contributed by atoms with Gasteiger partial charge in [0.1, 0.15) is 0 Å². The molecule has 19 heavy (non-hydrogen) atoms. The van der Waals surface area contributed by atoms with E-state index in [1.165, 1.54) is 17.8 Å². The fraction of sp³-hybridized carbons (Fsp3) is 0.0769. The second-order valence-corrected chi connectivity index (χ2v) is 5.87. The molecule has 2 rings (SSSR count). The number of rotatable bonds is 2.